The SMILES string of the molecule is CC1(C)C(=O)N(c2ccc3c(cnn3-c3ccc(F)cc3)c2)C(c2ccccc2)C1NC(=O)C1CC1. The van der Waals surface area contributed by atoms with Crippen LogP contribution in [0, 0.1) is 17.2 Å². The van der Waals surface area contributed by atoms with Crippen LogP contribution in [0.2, 0.25) is 0 Å². The topological polar surface area (TPSA) is 67.2 Å². The lowest BCUT2D eigenvalue weighted by molar-refractivity contribution is -0.126. The lowest BCUT2D eigenvalue weighted by Gasteiger charge is -2.31. The van der Waals surface area contributed by atoms with Gasteiger partial charge in [0.1, 0.15) is 5.82 Å². The summed E-state index contributed by atoms with van der Waals surface area (Å²) >= 11 is 0. The van der Waals surface area contributed by atoms with E-state index in [0.29, 0.717) is 0 Å². The first-order valence-electron chi connectivity index (χ1n) is 12.3. The molecule has 3 aromatic carbocycles. The molecule has 0 radical (unpaired) electrons. The van der Waals surface area contributed by atoms with Gasteiger partial charge in [0.2, 0.25) is 11.8 Å². The smallest absolute Gasteiger partial charge is 0.235 e. The van der Waals surface area contributed by atoms with Crippen LogP contribution in [0.5, 0.6) is 0 Å². The number of rotatable bonds is 5. The molecular formula is C29H27FN4O2. The monoisotopic (exact) mass is 482 g/mol. The van der Waals surface area contributed by atoms with Crippen LogP contribution in [0.3, 0.4) is 0 Å². The second-order valence-electron chi connectivity index (χ2n) is 10.3. The zero-order chi connectivity index (χ0) is 25.0. The number of amides is 2. The standard InChI is InChI=1S/C29H27FN4O2/c1-29(2)26(32-27(35)19-8-9-19)25(18-6-4-3-5-7-18)33(28(29)36)23-14-15-24-20(16-23)17-31-34(24)22-12-10-21(30)11-13-22/h3-7,10-17,19,25-26H,8-9H2,1-2H3,(H,32,35). The number of hydrogen-bond donors (Lipinski definition) is 1. The van der Waals surface area contributed by atoms with Crippen molar-refractivity contribution in [3.8, 4) is 5.69 Å². The van der Waals surface area contributed by atoms with Crippen molar-refractivity contribution in [3.05, 3.63) is 90.4 Å². The van der Waals surface area contributed by atoms with Gasteiger partial charge in [-0.05, 0) is 74.7 Å². The molecule has 6 rings (SSSR count). The molecule has 1 saturated heterocycles. The molecule has 4 aromatic rings. The summed E-state index contributed by atoms with van der Waals surface area (Å²) in [5.41, 5.74) is 2.53. The summed E-state index contributed by atoms with van der Waals surface area (Å²) in [7, 11) is 0. The third-order valence-electron chi connectivity index (χ3n) is 7.43. The molecule has 0 spiro atoms. The first-order valence-corrected chi connectivity index (χ1v) is 12.3. The van der Waals surface area contributed by atoms with Gasteiger partial charge in [0.05, 0.1) is 34.9 Å². The molecule has 6 nitrogen and oxygen atoms in total. The van der Waals surface area contributed by atoms with Crippen LogP contribution in [0.15, 0.2) is 79.0 Å². The lowest BCUT2D eigenvalue weighted by Crippen LogP contribution is -2.46. The summed E-state index contributed by atoms with van der Waals surface area (Å²) in [5.74, 6) is -0.264. The largest absolute Gasteiger partial charge is 0.350 e. The molecule has 2 fully saturated rings. The van der Waals surface area contributed by atoms with Crippen molar-refractivity contribution in [2.75, 3.05) is 4.90 Å². The van der Waals surface area contributed by atoms with E-state index in [4.69, 9.17) is 0 Å². The van der Waals surface area contributed by atoms with Crippen LogP contribution < -0.4 is 10.2 Å². The Hall–Kier alpha value is -4.00. The Balaban J connectivity index is 1.43. The molecule has 2 unspecified atom stereocenters. The summed E-state index contributed by atoms with van der Waals surface area (Å²) in [6, 6.07) is 21.1. The number of fused-ring (bicyclic) bond motifs is 1. The number of carbonyl (C=O) groups is 2. The van der Waals surface area contributed by atoms with Gasteiger partial charge in [-0.2, -0.15) is 5.10 Å². The average molecular weight is 483 g/mol. The number of hydrogen-bond acceptors (Lipinski definition) is 3. The molecular weight excluding hydrogens is 455 g/mol. The first-order chi connectivity index (χ1) is 17.3. The fourth-order valence-electron chi connectivity index (χ4n) is 5.22. The second-order valence-corrected chi connectivity index (χ2v) is 10.3. The number of aromatic nitrogens is 2. The molecule has 0 bridgehead atoms. The van der Waals surface area contributed by atoms with E-state index in [1.807, 2.05) is 67.3 Å². The Labute approximate surface area is 208 Å². The Kier molecular flexibility index (Phi) is 5.18. The van der Waals surface area contributed by atoms with Crippen molar-refractivity contribution in [1.29, 1.82) is 0 Å². The van der Waals surface area contributed by atoms with Crippen LogP contribution >= 0.6 is 0 Å². The Morgan fingerprint density at radius 3 is 2.39 bits per heavy atom. The number of anilines is 1. The predicted octanol–water partition coefficient (Wildman–Crippen LogP) is 5.17. The van der Waals surface area contributed by atoms with Crippen LogP contribution in [0.1, 0.15) is 38.3 Å². The minimum atomic E-state index is -0.793. The van der Waals surface area contributed by atoms with E-state index in [9.17, 15) is 14.0 Å². The van der Waals surface area contributed by atoms with Crippen molar-refractivity contribution >= 4 is 28.4 Å². The van der Waals surface area contributed by atoms with E-state index in [0.717, 1.165) is 40.7 Å². The van der Waals surface area contributed by atoms with Crippen LogP contribution in [0.4, 0.5) is 10.1 Å². The fourth-order valence-corrected chi connectivity index (χ4v) is 5.22. The quantitative estimate of drug-likeness (QED) is 0.427. The van der Waals surface area contributed by atoms with Crippen molar-refractivity contribution in [3.63, 3.8) is 0 Å². The number of benzene rings is 3. The van der Waals surface area contributed by atoms with Crippen molar-refractivity contribution in [2.45, 2.75) is 38.8 Å². The van der Waals surface area contributed by atoms with Crippen LogP contribution in [-0.2, 0) is 9.59 Å². The van der Waals surface area contributed by atoms with Gasteiger partial charge < -0.3 is 10.2 Å². The van der Waals surface area contributed by atoms with Gasteiger partial charge in [-0.1, -0.05) is 30.3 Å². The highest BCUT2D eigenvalue weighted by Crippen LogP contribution is 2.47. The molecule has 2 amide bonds. The molecule has 1 N–H and O–H groups in total. The average Bonchev–Trinajstić information content (AvgIpc) is 3.62. The maximum Gasteiger partial charge on any atom is 0.235 e. The van der Waals surface area contributed by atoms with Crippen molar-refractivity contribution in [2.24, 2.45) is 11.3 Å². The van der Waals surface area contributed by atoms with Gasteiger partial charge in [0.15, 0.2) is 0 Å². The normalized spacial score (nSPS) is 21.2. The van der Waals surface area contributed by atoms with E-state index in [2.05, 4.69) is 10.4 Å². The van der Waals surface area contributed by atoms with Gasteiger partial charge in [-0.25, -0.2) is 9.07 Å². The van der Waals surface area contributed by atoms with E-state index < -0.39 is 5.41 Å². The third kappa shape index (κ3) is 3.66. The molecule has 2 aliphatic rings. The maximum absolute atomic E-state index is 13.9. The van der Waals surface area contributed by atoms with Crippen LogP contribution in [-0.4, -0.2) is 27.6 Å². The molecule has 1 aliphatic heterocycles. The van der Waals surface area contributed by atoms with Gasteiger partial charge in [-0.15, -0.1) is 0 Å². The Bertz CT molecular complexity index is 1460. The summed E-state index contributed by atoms with van der Waals surface area (Å²) < 4.78 is 15.2. The number of carbonyl (C=O) groups excluding carboxylic acids is 2. The number of halogens is 1. The highest BCUT2D eigenvalue weighted by atomic mass is 19.1. The second kappa shape index (κ2) is 8.29. The molecule has 1 aliphatic carbocycles. The van der Waals surface area contributed by atoms with Crippen LogP contribution in [0.25, 0.3) is 16.6 Å². The van der Waals surface area contributed by atoms with E-state index in [1.165, 1.54) is 12.1 Å². The minimum Gasteiger partial charge on any atom is -0.350 e. The zero-order valence-electron chi connectivity index (χ0n) is 20.2. The van der Waals surface area contributed by atoms with Gasteiger partial charge in [-0.3, -0.25) is 9.59 Å². The van der Waals surface area contributed by atoms with Gasteiger partial charge >= 0.3 is 0 Å². The van der Waals surface area contributed by atoms with E-state index >= 15 is 0 Å². The molecule has 2 heterocycles. The van der Waals surface area contributed by atoms with Gasteiger partial charge in [0, 0.05) is 17.0 Å². The van der Waals surface area contributed by atoms with Crippen molar-refractivity contribution < 1.29 is 14.0 Å². The molecule has 2 atom stereocenters. The molecule has 36 heavy (non-hydrogen) atoms. The molecule has 1 saturated carbocycles. The highest BCUT2D eigenvalue weighted by Gasteiger charge is 2.55. The van der Waals surface area contributed by atoms with E-state index in [-0.39, 0.29) is 35.6 Å². The maximum atomic E-state index is 13.9. The Morgan fingerprint density at radius 2 is 1.69 bits per heavy atom. The third-order valence-corrected chi connectivity index (χ3v) is 7.43. The highest BCUT2D eigenvalue weighted by molar-refractivity contribution is 6.03. The zero-order valence-corrected chi connectivity index (χ0v) is 20.2. The summed E-state index contributed by atoms with van der Waals surface area (Å²) in [5, 5.41) is 8.59. The van der Waals surface area contributed by atoms with Crippen molar-refractivity contribution in [1.82, 2.24) is 15.1 Å². The molecule has 1 aromatic heterocycles. The predicted molar refractivity (Wildman–Crippen MR) is 136 cm³/mol. The number of nitrogens with one attached hydrogen (secondary N) is 1. The fraction of sp³-hybridized carbons (Fsp3) is 0.276. The molecule has 7 heteroatoms. The summed E-state index contributed by atoms with van der Waals surface area (Å²) in [4.78, 5) is 28.6. The summed E-state index contributed by atoms with van der Waals surface area (Å²) in [6.45, 7) is 3.82. The Morgan fingerprint density at radius 1 is 1.00 bits per heavy atom. The number of nitrogens with zero attached hydrogens (tertiary/aromatic N) is 3. The lowest BCUT2D eigenvalue weighted by atomic mass is 9.82. The first kappa shape index (κ1) is 22.5. The summed E-state index contributed by atoms with van der Waals surface area (Å²) in [6.07, 6.45) is 3.56. The molecule has 182 valence electrons. The minimum absolute atomic E-state index is 0.0275. The van der Waals surface area contributed by atoms with E-state index in [1.54, 1.807) is 23.0 Å². The van der Waals surface area contributed by atoms with Gasteiger partial charge in [0.25, 0.3) is 0 Å².